The van der Waals surface area contributed by atoms with Crippen LogP contribution in [0.5, 0.6) is 0 Å². The van der Waals surface area contributed by atoms with E-state index in [9.17, 15) is 8.42 Å². The molecule has 0 aromatic carbocycles. The Balaban J connectivity index is 1.89. The van der Waals surface area contributed by atoms with Gasteiger partial charge in [0.1, 0.15) is 0 Å². The number of hydrogen-bond acceptors (Lipinski definition) is 4. The van der Waals surface area contributed by atoms with Crippen LogP contribution in [-0.4, -0.2) is 57.0 Å². The van der Waals surface area contributed by atoms with Crippen LogP contribution >= 0.6 is 0 Å². The van der Waals surface area contributed by atoms with E-state index in [1.165, 1.54) is 0 Å². The summed E-state index contributed by atoms with van der Waals surface area (Å²) in [7, 11) is -2.70. The number of hydrogen-bond donors (Lipinski definition) is 1. The second-order valence-corrected chi connectivity index (χ2v) is 5.80. The Bertz CT molecular complexity index is 245. The molecule has 0 aromatic heterocycles. The topological polar surface area (TPSA) is 49.4 Å². The summed E-state index contributed by atoms with van der Waals surface area (Å²) in [5.74, 6) is 0.701. The maximum atomic E-state index is 11.1. The first-order chi connectivity index (χ1) is 5.67. The molecule has 0 amide bonds. The molecule has 0 aromatic rings. The molecule has 2 heterocycles. The van der Waals surface area contributed by atoms with Crippen molar-refractivity contribution >= 4 is 9.84 Å². The van der Waals surface area contributed by atoms with Crippen LogP contribution in [0.2, 0.25) is 0 Å². The van der Waals surface area contributed by atoms with Gasteiger partial charge in [-0.1, -0.05) is 0 Å². The fourth-order valence-corrected chi connectivity index (χ4v) is 2.85. The summed E-state index contributed by atoms with van der Waals surface area (Å²) in [6, 6.07) is 0.598. The summed E-state index contributed by atoms with van der Waals surface area (Å²) in [4.78, 5) is 2.28. The number of sulfone groups is 1. The zero-order valence-corrected chi connectivity index (χ0v) is 7.81. The summed E-state index contributed by atoms with van der Waals surface area (Å²) in [5.41, 5.74) is 0. The molecular formula is C7H14N2O2S. The SMILES string of the molecule is O=S1(=O)CCN(C2CNC2)CC1. The fraction of sp³-hybridized carbons (Fsp3) is 1.00. The molecule has 0 saturated carbocycles. The monoisotopic (exact) mass is 190 g/mol. The molecule has 0 unspecified atom stereocenters. The van der Waals surface area contributed by atoms with E-state index in [0.717, 1.165) is 26.2 Å². The standard InChI is InChI=1S/C7H14N2O2S/c10-12(11)3-1-9(2-4-12)7-5-8-6-7/h7-8H,1-6H2. The Hall–Kier alpha value is -0.130. The van der Waals surface area contributed by atoms with Crippen LogP contribution in [0, 0.1) is 0 Å². The van der Waals surface area contributed by atoms with E-state index in [2.05, 4.69) is 10.2 Å². The Morgan fingerprint density at radius 2 is 1.75 bits per heavy atom. The first-order valence-electron chi connectivity index (χ1n) is 4.32. The third kappa shape index (κ3) is 1.62. The molecule has 12 heavy (non-hydrogen) atoms. The minimum atomic E-state index is -2.70. The van der Waals surface area contributed by atoms with Gasteiger partial charge in [-0.15, -0.1) is 0 Å². The molecular weight excluding hydrogens is 176 g/mol. The van der Waals surface area contributed by atoms with Crippen molar-refractivity contribution in [2.75, 3.05) is 37.7 Å². The number of rotatable bonds is 1. The summed E-state index contributed by atoms with van der Waals surface area (Å²) in [6.45, 7) is 3.52. The van der Waals surface area contributed by atoms with Crippen molar-refractivity contribution < 1.29 is 8.42 Å². The third-order valence-electron chi connectivity index (χ3n) is 2.66. The Morgan fingerprint density at radius 3 is 2.17 bits per heavy atom. The smallest absolute Gasteiger partial charge is 0.152 e. The second kappa shape index (κ2) is 2.97. The van der Waals surface area contributed by atoms with Gasteiger partial charge in [-0.05, 0) is 0 Å². The minimum Gasteiger partial charge on any atom is -0.314 e. The predicted molar refractivity (Wildman–Crippen MR) is 46.9 cm³/mol. The van der Waals surface area contributed by atoms with Gasteiger partial charge in [-0.25, -0.2) is 8.42 Å². The van der Waals surface area contributed by atoms with Crippen LogP contribution in [0.1, 0.15) is 0 Å². The highest BCUT2D eigenvalue weighted by Crippen LogP contribution is 2.10. The molecule has 70 valence electrons. The molecule has 0 aliphatic carbocycles. The van der Waals surface area contributed by atoms with Gasteiger partial charge in [-0.3, -0.25) is 4.90 Å². The van der Waals surface area contributed by atoms with E-state index < -0.39 is 9.84 Å². The van der Waals surface area contributed by atoms with E-state index in [4.69, 9.17) is 0 Å². The van der Waals surface area contributed by atoms with Gasteiger partial charge < -0.3 is 5.32 Å². The van der Waals surface area contributed by atoms with E-state index in [-0.39, 0.29) is 0 Å². The highest BCUT2D eigenvalue weighted by atomic mass is 32.2. The van der Waals surface area contributed by atoms with Crippen LogP contribution in [-0.2, 0) is 9.84 Å². The van der Waals surface area contributed by atoms with E-state index in [0.29, 0.717) is 17.5 Å². The van der Waals surface area contributed by atoms with Gasteiger partial charge in [-0.2, -0.15) is 0 Å². The van der Waals surface area contributed by atoms with E-state index in [1.54, 1.807) is 0 Å². The molecule has 0 radical (unpaired) electrons. The molecule has 0 atom stereocenters. The van der Waals surface area contributed by atoms with Crippen LogP contribution < -0.4 is 5.32 Å². The van der Waals surface area contributed by atoms with Crippen molar-refractivity contribution in [3.05, 3.63) is 0 Å². The molecule has 2 saturated heterocycles. The average Bonchev–Trinajstić information content (AvgIpc) is 1.89. The van der Waals surface area contributed by atoms with Crippen LogP contribution in [0.3, 0.4) is 0 Å². The number of nitrogens with one attached hydrogen (secondary N) is 1. The van der Waals surface area contributed by atoms with Crippen LogP contribution in [0.4, 0.5) is 0 Å². The third-order valence-corrected chi connectivity index (χ3v) is 4.26. The normalized spacial score (nSPS) is 31.3. The van der Waals surface area contributed by atoms with Crippen molar-refractivity contribution in [3.63, 3.8) is 0 Å². The first kappa shape index (κ1) is 8.47. The van der Waals surface area contributed by atoms with Crippen molar-refractivity contribution in [1.29, 1.82) is 0 Å². The molecule has 2 aliphatic rings. The highest BCUT2D eigenvalue weighted by molar-refractivity contribution is 7.91. The summed E-state index contributed by atoms with van der Waals surface area (Å²) >= 11 is 0. The predicted octanol–water partition coefficient (Wildman–Crippen LogP) is -1.31. The van der Waals surface area contributed by atoms with Crippen molar-refractivity contribution in [1.82, 2.24) is 10.2 Å². The Morgan fingerprint density at radius 1 is 1.17 bits per heavy atom. The summed E-state index contributed by atoms with van der Waals surface area (Å²) < 4.78 is 22.2. The van der Waals surface area contributed by atoms with E-state index >= 15 is 0 Å². The quantitative estimate of drug-likeness (QED) is 0.558. The first-order valence-corrected chi connectivity index (χ1v) is 6.15. The molecule has 0 spiro atoms. The molecule has 0 bridgehead atoms. The summed E-state index contributed by atoms with van der Waals surface area (Å²) in [5, 5.41) is 3.19. The van der Waals surface area contributed by atoms with Crippen molar-refractivity contribution in [2.45, 2.75) is 6.04 Å². The fourth-order valence-electron chi connectivity index (χ4n) is 1.62. The van der Waals surface area contributed by atoms with Gasteiger partial charge in [0, 0.05) is 32.2 Å². The molecule has 4 nitrogen and oxygen atoms in total. The molecule has 2 aliphatic heterocycles. The number of nitrogens with zero attached hydrogens (tertiary/aromatic N) is 1. The lowest BCUT2D eigenvalue weighted by Gasteiger charge is -2.39. The minimum absolute atomic E-state index is 0.351. The second-order valence-electron chi connectivity index (χ2n) is 3.50. The molecule has 5 heteroatoms. The zero-order chi connectivity index (χ0) is 8.60. The van der Waals surface area contributed by atoms with Crippen molar-refractivity contribution in [2.24, 2.45) is 0 Å². The van der Waals surface area contributed by atoms with Crippen molar-refractivity contribution in [3.8, 4) is 0 Å². The lowest BCUT2D eigenvalue weighted by molar-refractivity contribution is 0.157. The van der Waals surface area contributed by atoms with Gasteiger partial charge in [0.25, 0.3) is 0 Å². The largest absolute Gasteiger partial charge is 0.314 e. The summed E-state index contributed by atoms with van der Waals surface area (Å²) in [6.07, 6.45) is 0. The Kier molecular flexibility index (Phi) is 2.10. The Labute approximate surface area is 72.9 Å². The lowest BCUT2D eigenvalue weighted by Crippen LogP contribution is -2.60. The molecule has 2 rings (SSSR count). The van der Waals surface area contributed by atoms with Crippen LogP contribution in [0.15, 0.2) is 0 Å². The molecule has 2 fully saturated rings. The lowest BCUT2D eigenvalue weighted by atomic mass is 10.1. The average molecular weight is 190 g/mol. The highest BCUT2D eigenvalue weighted by Gasteiger charge is 2.29. The van der Waals surface area contributed by atoms with Crippen LogP contribution in [0.25, 0.3) is 0 Å². The van der Waals surface area contributed by atoms with Gasteiger partial charge in [0.2, 0.25) is 0 Å². The molecule has 1 N–H and O–H groups in total. The maximum Gasteiger partial charge on any atom is 0.152 e. The zero-order valence-electron chi connectivity index (χ0n) is 6.99. The van der Waals surface area contributed by atoms with Gasteiger partial charge in [0.15, 0.2) is 9.84 Å². The van der Waals surface area contributed by atoms with Gasteiger partial charge >= 0.3 is 0 Å². The maximum absolute atomic E-state index is 11.1. The van der Waals surface area contributed by atoms with Gasteiger partial charge in [0.05, 0.1) is 11.5 Å². The van der Waals surface area contributed by atoms with E-state index in [1.807, 2.05) is 0 Å².